The van der Waals surface area contributed by atoms with Crippen molar-refractivity contribution in [3.8, 4) is 0 Å². The molecular formula is C11H12BrN3O. The van der Waals surface area contributed by atoms with Crippen LogP contribution in [0.15, 0.2) is 35.2 Å². The van der Waals surface area contributed by atoms with E-state index >= 15 is 0 Å². The normalized spacial score (nSPS) is 12.7. The average molecular weight is 282 g/mol. The topological polar surface area (TPSA) is 50.9 Å². The largest absolute Gasteiger partial charge is 0.386 e. The number of aromatic nitrogens is 3. The first-order valence-corrected chi connectivity index (χ1v) is 5.72. The van der Waals surface area contributed by atoms with Crippen LogP contribution in [0, 0.1) is 0 Å². The van der Waals surface area contributed by atoms with Crippen molar-refractivity contribution in [1.29, 1.82) is 0 Å². The van der Waals surface area contributed by atoms with E-state index < -0.39 is 6.10 Å². The molecule has 2 aromatic rings. The second kappa shape index (κ2) is 4.76. The van der Waals surface area contributed by atoms with Gasteiger partial charge in [-0.3, -0.25) is 9.67 Å². The third-order valence-corrected chi connectivity index (χ3v) is 3.04. The van der Waals surface area contributed by atoms with Gasteiger partial charge in [0.15, 0.2) is 0 Å². The molecule has 2 heterocycles. The number of pyridine rings is 1. The molecule has 0 saturated heterocycles. The van der Waals surface area contributed by atoms with Crippen LogP contribution in [0.5, 0.6) is 0 Å². The van der Waals surface area contributed by atoms with E-state index in [1.807, 2.05) is 19.2 Å². The predicted octanol–water partition coefficient (Wildman–Crippen LogP) is 1.85. The number of aliphatic hydroxyl groups excluding tert-OH is 1. The van der Waals surface area contributed by atoms with E-state index in [1.54, 1.807) is 23.3 Å². The first-order chi connectivity index (χ1) is 7.68. The lowest BCUT2D eigenvalue weighted by molar-refractivity contribution is 0.167. The minimum absolute atomic E-state index is 0.556. The number of aryl methyl sites for hydroxylation is 1. The van der Waals surface area contributed by atoms with Crippen molar-refractivity contribution < 1.29 is 5.11 Å². The molecule has 0 aliphatic rings. The van der Waals surface area contributed by atoms with Crippen LogP contribution >= 0.6 is 15.9 Å². The lowest BCUT2D eigenvalue weighted by Gasteiger charge is -2.11. The molecule has 0 aliphatic heterocycles. The fraction of sp³-hybridized carbons (Fsp3) is 0.273. The van der Waals surface area contributed by atoms with Crippen molar-refractivity contribution in [1.82, 2.24) is 14.8 Å². The second-order valence-electron chi connectivity index (χ2n) is 3.58. The fourth-order valence-electron chi connectivity index (χ4n) is 1.63. The van der Waals surface area contributed by atoms with E-state index in [-0.39, 0.29) is 0 Å². The van der Waals surface area contributed by atoms with Crippen LogP contribution in [-0.4, -0.2) is 19.9 Å². The van der Waals surface area contributed by atoms with Crippen molar-refractivity contribution in [2.24, 2.45) is 7.05 Å². The van der Waals surface area contributed by atoms with Gasteiger partial charge in [-0.2, -0.15) is 5.10 Å². The van der Waals surface area contributed by atoms with E-state index in [1.165, 1.54) is 0 Å². The molecule has 0 aliphatic carbocycles. The monoisotopic (exact) mass is 281 g/mol. The van der Waals surface area contributed by atoms with E-state index in [9.17, 15) is 5.11 Å². The molecule has 84 valence electrons. The zero-order chi connectivity index (χ0) is 11.5. The Morgan fingerprint density at radius 1 is 1.44 bits per heavy atom. The minimum atomic E-state index is -0.565. The van der Waals surface area contributed by atoms with E-state index in [2.05, 4.69) is 26.0 Å². The Hall–Kier alpha value is -1.20. The maximum absolute atomic E-state index is 10.1. The maximum atomic E-state index is 10.1. The van der Waals surface area contributed by atoms with Crippen LogP contribution in [-0.2, 0) is 13.5 Å². The molecule has 4 nitrogen and oxygen atoms in total. The highest BCUT2D eigenvalue weighted by Gasteiger charge is 2.16. The van der Waals surface area contributed by atoms with Crippen LogP contribution < -0.4 is 0 Å². The van der Waals surface area contributed by atoms with Crippen molar-refractivity contribution in [2.45, 2.75) is 12.5 Å². The van der Waals surface area contributed by atoms with Gasteiger partial charge in [0.1, 0.15) is 6.10 Å². The summed E-state index contributed by atoms with van der Waals surface area (Å²) in [5.41, 5.74) is 1.84. The smallest absolute Gasteiger partial charge is 0.101 e. The summed E-state index contributed by atoms with van der Waals surface area (Å²) >= 11 is 3.38. The van der Waals surface area contributed by atoms with Gasteiger partial charge in [0.25, 0.3) is 0 Å². The molecule has 0 amide bonds. The maximum Gasteiger partial charge on any atom is 0.101 e. The number of aliphatic hydroxyl groups is 1. The average Bonchev–Trinajstić information content (AvgIpc) is 2.60. The van der Waals surface area contributed by atoms with Gasteiger partial charge in [-0.15, -0.1) is 0 Å². The highest BCUT2D eigenvalue weighted by Crippen LogP contribution is 2.24. The lowest BCUT2D eigenvalue weighted by Crippen LogP contribution is -2.08. The molecule has 0 spiro atoms. The molecule has 2 rings (SSSR count). The minimum Gasteiger partial charge on any atom is -0.386 e. The van der Waals surface area contributed by atoms with Crippen molar-refractivity contribution in [3.05, 3.63) is 46.5 Å². The molecule has 0 radical (unpaired) electrons. The Morgan fingerprint density at radius 3 is 2.69 bits per heavy atom. The zero-order valence-electron chi connectivity index (χ0n) is 8.84. The van der Waals surface area contributed by atoms with Crippen molar-refractivity contribution in [2.75, 3.05) is 0 Å². The van der Waals surface area contributed by atoms with Gasteiger partial charge < -0.3 is 5.11 Å². The van der Waals surface area contributed by atoms with E-state index in [4.69, 9.17) is 0 Å². The first-order valence-electron chi connectivity index (χ1n) is 4.93. The molecule has 1 N–H and O–H groups in total. The molecule has 1 unspecified atom stereocenters. The third-order valence-electron chi connectivity index (χ3n) is 2.43. The number of halogens is 1. The van der Waals surface area contributed by atoms with Gasteiger partial charge in [-0.25, -0.2) is 0 Å². The van der Waals surface area contributed by atoms with Gasteiger partial charge in [0.05, 0.1) is 16.4 Å². The number of rotatable bonds is 3. The molecule has 1 atom stereocenters. The quantitative estimate of drug-likeness (QED) is 0.934. The van der Waals surface area contributed by atoms with E-state index in [0.29, 0.717) is 6.42 Å². The third kappa shape index (κ3) is 2.31. The number of hydrogen-bond donors (Lipinski definition) is 1. The van der Waals surface area contributed by atoms with Gasteiger partial charge in [-0.05, 0) is 33.6 Å². The highest BCUT2D eigenvalue weighted by molar-refractivity contribution is 9.10. The molecule has 0 aromatic carbocycles. The van der Waals surface area contributed by atoms with E-state index in [0.717, 1.165) is 15.7 Å². The standard InChI is InChI=1S/C11H12BrN3O/c1-15-11(9(12)7-14-15)10(16)6-8-2-4-13-5-3-8/h2-5,7,10,16H,6H2,1H3. The molecule has 2 aromatic heterocycles. The number of nitrogens with zero attached hydrogens (tertiary/aromatic N) is 3. The highest BCUT2D eigenvalue weighted by atomic mass is 79.9. The van der Waals surface area contributed by atoms with Crippen LogP contribution in [0.25, 0.3) is 0 Å². The summed E-state index contributed by atoms with van der Waals surface area (Å²) in [6.45, 7) is 0. The van der Waals surface area contributed by atoms with Crippen LogP contribution in [0.4, 0.5) is 0 Å². The Kier molecular flexibility index (Phi) is 3.36. The molecular weight excluding hydrogens is 270 g/mol. The first kappa shape index (κ1) is 11.3. The Bertz CT molecular complexity index is 450. The molecule has 0 saturated carbocycles. The summed E-state index contributed by atoms with van der Waals surface area (Å²) in [4.78, 5) is 3.94. The van der Waals surface area contributed by atoms with Crippen LogP contribution in [0.2, 0.25) is 0 Å². The summed E-state index contributed by atoms with van der Waals surface area (Å²) in [5.74, 6) is 0. The summed E-state index contributed by atoms with van der Waals surface area (Å²) in [5, 5.41) is 14.2. The van der Waals surface area contributed by atoms with Gasteiger partial charge >= 0.3 is 0 Å². The summed E-state index contributed by atoms with van der Waals surface area (Å²) in [6, 6.07) is 3.79. The zero-order valence-corrected chi connectivity index (χ0v) is 10.4. The molecule has 0 bridgehead atoms. The van der Waals surface area contributed by atoms with Gasteiger partial charge in [-0.1, -0.05) is 0 Å². The van der Waals surface area contributed by atoms with Crippen molar-refractivity contribution >= 4 is 15.9 Å². The summed E-state index contributed by atoms with van der Waals surface area (Å²) in [7, 11) is 1.82. The predicted molar refractivity (Wildman–Crippen MR) is 63.8 cm³/mol. The lowest BCUT2D eigenvalue weighted by atomic mass is 10.1. The Labute approximate surface area is 102 Å². The summed E-state index contributed by atoms with van der Waals surface area (Å²) in [6.07, 6.45) is 5.12. The SMILES string of the molecule is Cn1ncc(Br)c1C(O)Cc1ccncc1. The number of hydrogen-bond acceptors (Lipinski definition) is 3. The van der Waals surface area contributed by atoms with Gasteiger partial charge in [0, 0.05) is 25.9 Å². The van der Waals surface area contributed by atoms with Gasteiger partial charge in [0.2, 0.25) is 0 Å². The fourth-order valence-corrected chi connectivity index (χ4v) is 2.25. The Balaban J connectivity index is 2.18. The molecule has 16 heavy (non-hydrogen) atoms. The second-order valence-corrected chi connectivity index (χ2v) is 4.43. The van der Waals surface area contributed by atoms with Crippen molar-refractivity contribution in [3.63, 3.8) is 0 Å². The summed E-state index contributed by atoms with van der Waals surface area (Å²) < 4.78 is 2.51. The van der Waals surface area contributed by atoms with Crippen LogP contribution in [0.1, 0.15) is 17.4 Å². The van der Waals surface area contributed by atoms with Crippen LogP contribution in [0.3, 0.4) is 0 Å². The molecule has 0 fully saturated rings. The molecule has 5 heteroatoms. The Morgan fingerprint density at radius 2 is 2.12 bits per heavy atom.